The molecule has 1 aromatic rings. The molecule has 0 aromatic heterocycles. The minimum absolute atomic E-state index is 0.0164. The summed E-state index contributed by atoms with van der Waals surface area (Å²) in [5.74, 6) is -0.147. The Balaban J connectivity index is 2.59. The summed E-state index contributed by atoms with van der Waals surface area (Å²) in [5.41, 5.74) is 6.05. The van der Waals surface area contributed by atoms with Gasteiger partial charge in [-0.15, -0.1) is 0 Å². The van der Waals surface area contributed by atoms with Crippen LogP contribution in [0.5, 0.6) is 5.75 Å². The van der Waals surface area contributed by atoms with E-state index in [0.717, 1.165) is 0 Å². The Hall–Kier alpha value is -1.53. The Bertz CT molecular complexity index is 381. The Morgan fingerprint density at radius 3 is 2.44 bits per heavy atom. The standard InChI is InChI=1S/C12H15F2NO3/c1-17-7-9(15)6-11(16)8-2-4-10(5-3-8)18-12(13)14/h2-5,9,12H,6-7,15H2,1H3. The average Bonchev–Trinajstić information content (AvgIpc) is 2.29. The second-order valence-electron chi connectivity index (χ2n) is 3.75. The third-order valence-electron chi connectivity index (χ3n) is 2.23. The fraction of sp³-hybridized carbons (Fsp3) is 0.417. The minimum Gasteiger partial charge on any atom is -0.435 e. The van der Waals surface area contributed by atoms with E-state index in [1.807, 2.05) is 0 Å². The minimum atomic E-state index is -2.87. The third-order valence-corrected chi connectivity index (χ3v) is 2.23. The first-order valence-electron chi connectivity index (χ1n) is 5.35. The zero-order valence-corrected chi connectivity index (χ0v) is 9.94. The molecular formula is C12H15F2NO3. The molecule has 0 bridgehead atoms. The normalized spacial score (nSPS) is 12.5. The summed E-state index contributed by atoms with van der Waals surface area (Å²) in [6.07, 6.45) is 0.142. The van der Waals surface area contributed by atoms with E-state index in [1.165, 1.54) is 31.4 Å². The molecular weight excluding hydrogens is 244 g/mol. The van der Waals surface area contributed by atoms with Crippen molar-refractivity contribution in [1.29, 1.82) is 0 Å². The first-order valence-corrected chi connectivity index (χ1v) is 5.35. The molecule has 6 heteroatoms. The number of hydrogen-bond donors (Lipinski definition) is 1. The molecule has 18 heavy (non-hydrogen) atoms. The SMILES string of the molecule is COCC(N)CC(=O)c1ccc(OC(F)F)cc1. The number of carbonyl (C=O) groups excluding carboxylic acids is 1. The van der Waals surface area contributed by atoms with Crippen molar-refractivity contribution in [3.63, 3.8) is 0 Å². The maximum atomic E-state index is 11.9. The Morgan fingerprint density at radius 1 is 1.33 bits per heavy atom. The molecule has 0 heterocycles. The topological polar surface area (TPSA) is 61.5 Å². The van der Waals surface area contributed by atoms with E-state index in [2.05, 4.69) is 4.74 Å². The van der Waals surface area contributed by atoms with Crippen LogP contribution in [0.25, 0.3) is 0 Å². The average molecular weight is 259 g/mol. The highest BCUT2D eigenvalue weighted by molar-refractivity contribution is 5.96. The van der Waals surface area contributed by atoms with Crippen molar-refractivity contribution in [2.24, 2.45) is 5.73 Å². The van der Waals surface area contributed by atoms with Crippen molar-refractivity contribution >= 4 is 5.78 Å². The molecule has 0 saturated heterocycles. The molecule has 0 aliphatic carbocycles. The maximum Gasteiger partial charge on any atom is 0.387 e. The summed E-state index contributed by atoms with van der Waals surface area (Å²) in [4.78, 5) is 11.7. The molecule has 1 aromatic carbocycles. The highest BCUT2D eigenvalue weighted by atomic mass is 19.3. The molecule has 0 spiro atoms. The van der Waals surface area contributed by atoms with Gasteiger partial charge in [-0.1, -0.05) is 0 Å². The first kappa shape index (κ1) is 14.5. The monoisotopic (exact) mass is 259 g/mol. The van der Waals surface area contributed by atoms with Crippen LogP contribution < -0.4 is 10.5 Å². The van der Waals surface area contributed by atoms with Gasteiger partial charge in [0.1, 0.15) is 5.75 Å². The molecule has 1 rings (SSSR count). The van der Waals surface area contributed by atoms with Gasteiger partial charge in [-0.25, -0.2) is 0 Å². The number of carbonyl (C=O) groups is 1. The molecule has 0 fully saturated rings. The van der Waals surface area contributed by atoms with E-state index in [0.29, 0.717) is 5.56 Å². The van der Waals surface area contributed by atoms with Crippen molar-refractivity contribution < 1.29 is 23.0 Å². The molecule has 1 unspecified atom stereocenters. The van der Waals surface area contributed by atoms with Crippen LogP contribution in [0.3, 0.4) is 0 Å². The number of halogens is 2. The second kappa shape index (κ2) is 7.03. The maximum absolute atomic E-state index is 11.9. The van der Waals surface area contributed by atoms with E-state index in [4.69, 9.17) is 10.5 Å². The summed E-state index contributed by atoms with van der Waals surface area (Å²) in [7, 11) is 1.50. The number of nitrogens with two attached hydrogens (primary N) is 1. The number of benzene rings is 1. The summed E-state index contributed by atoms with van der Waals surface area (Å²) in [6.45, 7) is -2.58. The van der Waals surface area contributed by atoms with Gasteiger partial charge in [0.05, 0.1) is 6.61 Å². The summed E-state index contributed by atoms with van der Waals surface area (Å²) in [5, 5.41) is 0. The quantitative estimate of drug-likeness (QED) is 0.759. The molecule has 0 aliphatic rings. The number of Topliss-reactive ketones (excluding diaryl/α,β-unsaturated/α-hetero) is 1. The number of hydrogen-bond acceptors (Lipinski definition) is 4. The lowest BCUT2D eigenvalue weighted by atomic mass is 10.0. The lowest BCUT2D eigenvalue weighted by molar-refractivity contribution is -0.0498. The van der Waals surface area contributed by atoms with E-state index in [-0.39, 0.29) is 30.6 Å². The first-order chi connectivity index (χ1) is 8.52. The van der Waals surface area contributed by atoms with Crippen LogP contribution in [0.15, 0.2) is 24.3 Å². The predicted molar refractivity (Wildman–Crippen MR) is 61.9 cm³/mol. The van der Waals surface area contributed by atoms with Gasteiger partial charge in [-0.2, -0.15) is 8.78 Å². The van der Waals surface area contributed by atoms with Gasteiger partial charge >= 0.3 is 6.61 Å². The molecule has 1 atom stereocenters. The van der Waals surface area contributed by atoms with E-state index in [9.17, 15) is 13.6 Å². The fourth-order valence-electron chi connectivity index (χ4n) is 1.45. The lowest BCUT2D eigenvalue weighted by Gasteiger charge is -2.09. The number of methoxy groups -OCH3 is 1. The zero-order valence-electron chi connectivity index (χ0n) is 9.94. The van der Waals surface area contributed by atoms with Gasteiger partial charge in [-0.05, 0) is 24.3 Å². The van der Waals surface area contributed by atoms with Crippen molar-refractivity contribution in [3.05, 3.63) is 29.8 Å². The number of rotatable bonds is 7. The molecule has 0 radical (unpaired) electrons. The summed E-state index contributed by atoms with van der Waals surface area (Å²) in [6, 6.07) is 5.13. The second-order valence-corrected chi connectivity index (χ2v) is 3.75. The van der Waals surface area contributed by atoms with Crippen LogP contribution in [0, 0.1) is 0 Å². The predicted octanol–water partition coefficient (Wildman–Crippen LogP) is 1.83. The Labute approximate surface area is 104 Å². The van der Waals surface area contributed by atoms with Crippen molar-refractivity contribution in [3.8, 4) is 5.75 Å². The van der Waals surface area contributed by atoms with Crippen LogP contribution in [-0.4, -0.2) is 32.2 Å². The van der Waals surface area contributed by atoms with Gasteiger partial charge in [-0.3, -0.25) is 4.79 Å². The fourth-order valence-corrected chi connectivity index (χ4v) is 1.45. The van der Waals surface area contributed by atoms with Gasteiger partial charge < -0.3 is 15.2 Å². The van der Waals surface area contributed by atoms with Crippen LogP contribution in [-0.2, 0) is 4.74 Å². The molecule has 0 amide bonds. The number of ether oxygens (including phenoxy) is 2. The summed E-state index contributed by atoms with van der Waals surface area (Å²) >= 11 is 0. The van der Waals surface area contributed by atoms with E-state index >= 15 is 0 Å². The molecule has 100 valence electrons. The Kier molecular flexibility index (Phi) is 5.67. The van der Waals surface area contributed by atoms with E-state index < -0.39 is 6.61 Å². The van der Waals surface area contributed by atoms with Gasteiger partial charge in [0.15, 0.2) is 5.78 Å². The van der Waals surface area contributed by atoms with Gasteiger partial charge in [0.2, 0.25) is 0 Å². The van der Waals surface area contributed by atoms with Crippen molar-refractivity contribution in [2.75, 3.05) is 13.7 Å². The highest BCUT2D eigenvalue weighted by Gasteiger charge is 2.12. The number of alkyl halides is 2. The van der Waals surface area contributed by atoms with Gasteiger partial charge in [0.25, 0.3) is 0 Å². The lowest BCUT2D eigenvalue weighted by Crippen LogP contribution is -2.28. The zero-order chi connectivity index (χ0) is 13.5. The van der Waals surface area contributed by atoms with Gasteiger partial charge in [0, 0.05) is 25.1 Å². The van der Waals surface area contributed by atoms with Crippen LogP contribution in [0.1, 0.15) is 16.8 Å². The van der Waals surface area contributed by atoms with E-state index in [1.54, 1.807) is 0 Å². The molecule has 0 saturated carbocycles. The van der Waals surface area contributed by atoms with Crippen molar-refractivity contribution in [1.82, 2.24) is 0 Å². The third kappa shape index (κ3) is 4.77. The molecule has 0 aliphatic heterocycles. The molecule has 2 N–H and O–H groups in total. The van der Waals surface area contributed by atoms with Crippen molar-refractivity contribution in [2.45, 2.75) is 19.1 Å². The Morgan fingerprint density at radius 2 is 1.94 bits per heavy atom. The summed E-state index contributed by atoms with van der Waals surface area (Å²) < 4.78 is 32.8. The number of ketones is 1. The van der Waals surface area contributed by atoms with Crippen LogP contribution in [0.2, 0.25) is 0 Å². The smallest absolute Gasteiger partial charge is 0.387 e. The largest absolute Gasteiger partial charge is 0.435 e. The van der Waals surface area contributed by atoms with Crippen LogP contribution >= 0.6 is 0 Å². The molecule has 4 nitrogen and oxygen atoms in total. The highest BCUT2D eigenvalue weighted by Crippen LogP contribution is 2.16. The van der Waals surface area contributed by atoms with Crippen LogP contribution in [0.4, 0.5) is 8.78 Å².